The molecular weight excluding hydrogens is 302 g/mol. The molecule has 1 saturated carbocycles. The van der Waals surface area contributed by atoms with Gasteiger partial charge in [0.1, 0.15) is 6.33 Å². The fraction of sp³-hybridized carbons (Fsp3) is 0.467. The van der Waals surface area contributed by atoms with Crippen molar-refractivity contribution in [2.24, 2.45) is 5.92 Å². The molecule has 0 unspecified atom stereocenters. The molecule has 0 radical (unpaired) electrons. The first-order valence-electron chi connectivity index (χ1n) is 7.44. The monoisotopic (exact) mass is 321 g/mol. The van der Waals surface area contributed by atoms with E-state index in [4.69, 9.17) is 4.55 Å². The van der Waals surface area contributed by atoms with Crippen molar-refractivity contribution in [1.29, 1.82) is 0 Å². The van der Waals surface area contributed by atoms with Crippen LogP contribution in [0.2, 0.25) is 0 Å². The zero-order valence-corrected chi connectivity index (χ0v) is 13.0. The molecule has 1 fully saturated rings. The lowest BCUT2D eigenvalue weighted by atomic mass is 9.79. The second kappa shape index (κ2) is 6.18. The lowest BCUT2D eigenvalue weighted by molar-refractivity contribution is 0.283. The third kappa shape index (κ3) is 3.53. The van der Waals surface area contributed by atoms with Crippen LogP contribution in [0.3, 0.4) is 0 Å². The summed E-state index contributed by atoms with van der Waals surface area (Å²) in [4.78, 5) is 3.63. The minimum atomic E-state index is -4.31. The van der Waals surface area contributed by atoms with Gasteiger partial charge in [-0.3, -0.25) is 9.23 Å². The van der Waals surface area contributed by atoms with Crippen molar-refractivity contribution in [3.05, 3.63) is 42.2 Å². The van der Waals surface area contributed by atoms with Crippen molar-refractivity contribution in [3.8, 4) is 0 Å². The molecule has 22 heavy (non-hydrogen) atoms. The Morgan fingerprint density at radius 2 is 1.82 bits per heavy atom. The molecule has 0 saturated heterocycles. The first kappa shape index (κ1) is 15.2. The second-order valence-electron chi connectivity index (χ2n) is 5.85. The first-order valence-corrected chi connectivity index (χ1v) is 8.88. The quantitative estimate of drug-likeness (QED) is 0.875. The van der Waals surface area contributed by atoms with Crippen LogP contribution in [-0.4, -0.2) is 27.7 Å². The molecule has 1 heterocycles. The maximum Gasteiger partial charge on any atom is 0.332 e. The molecule has 1 aromatic heterocycles. The summed E-state index contributed by atoms with van der Waals surface area (Å²) < 4.78 is 32.3. The van der Waals surface area contributed by atoms with Gasteiger partial charge >= 0.3 is 10.1 Å². The van der Waals surface area contributed by atoms with E-state index in [1.165, 1.54) is 16.6 Å². The highest BCUT2D eigenvalue weighted by molar-refractivity contribution is 7.85. The molecule has 0 aliphatic heterocycles. The summed E-state index contributed by atoms with van der Waals surface area (Å²) in [6.07, 6.45) is 5.80. The Bertz CT molecular complexity index is 720. The molecule has 1 N–H and O–H groups in total. The summed E-state index contributed by atoms with van der Waals surface area (Å²) in [6, 6.07) is 10.6. The Labute approximate surface area is 129 Å². The summed E-state index contributed by atoms with van der Waals surface area (Å²) in [6.45, 7) is 0.643. The van der Waals surface area contributed by atoms with Crippen LogP contribution < -0.4 is 0 Å². The van der Waals surface area contributed by atoms with Gasteiger partial charge in [-0.15, -0.1) is 5.10 Å². The summed E-state index contributed by atoms with van der Waals surface area (Å²) in [5, 5.41) is 3.30. The van der Waals surface area contributed by atoms with Gasteiger partial charge in [0.2, 0.25) is 0 Å². The van der Waals surface area contributed by atoms with Crippen LogP contribution in [0, 0.1) is 5.92 Å². The number of benzene rings is 1. The molecule has 0 atom stereocenters. The molecule has 0 spiro atoms. The van der Waals surface area contributed by atoms with Gasteiger partial charge in [0, 0.05) is 6.54 Å². The van der Waals surface area contributed by atoms with E-state index in [0.29, 0.717) is 18.4 Å². The van der Waals surface area contributed by atoms with Crippen LogP contribution in [0.15, 0.2) is 41.8 Å². The fourth-order valence-corrected chi connectivity index (χ4v) is 3.54. The van der Waals surface area contributed by atoms with E-state index < -0.39 is 15.3 Å². The number of hydrogen-bond donors (Lipinski definition) is 1. The van der Waals surface area contributed by atoms with Crippen LogP contribution in [0.4, 0.5) is 0 Å². The van der Waals surface area contributed by atoms with Gasteiger partial charge in [-0.05, 0) is 43.1 Å². The maximum atomic E-state index is 11.0. The molecule has 2 aromatic rings. The molecule has 1 aliphatic rings. The maximum absolute atomic E-state index is 11.0. The minimum Gasteiger partial charge on any atom is -0.279 e. The van der Waals surface area contributed by atoms with Gasteiger partial charge in [-0.2, -0.15) is 8.42 Å². The number of nitrogens with zero attached hydrogens (tertiary/aromatic N) is 3. The summed E-state index contributed by atoms with van der Waals surface area (Å²) in [5.74, 6) is 1.08. The zero-order valence-electron chi connectivity index (χ0n) is 12.2. The molecule has 6 nitrogen and oxygen atoms in total. The standard InChI is InChI=1S/C15H19N3O3S/c19-22(20,21)15-16-11-18(17-15)10-12-6-8-14(9-7-12)13-4-2-1-3-5-13/h1-5,11-12,14H,6-10H2,(H,19,20,21). The van der Waals surface area contributed by atoms with E-state index in [9.17, 15) is 8.42 Å². The third-order valence-electron chi connectivity index (χ3n) is 4.31. The van der Waals surface area contributed by atoms with Crippen LogP contribution in [0.5, 0.6) is 0 Å². The lowest BCUT2D eigenvalue weighted by Gasteiger charge is -2.28. The average Bonchev–Trinajstić information content (AvgIpc) is 2.98. The van der Waals surface area contributed by atoms with Crippen molar-refractivity contribution in [1.82, 2.24) is 14.8 Å². The van der Waals surface area contributed by atoms with Gasteiger partial charge in [0.15, 0.2) is 0 Å². The van der Waals surface area contributed by atoms with Gasteiger partial charge < -0.3 is 0 Å². The predicted molar refractivity (Wildman–Crippen MR) is 81.0 cm³/mol. The van der Waals surface area contributed by atoms with Crippen LogP contribution >= 0.6 is 0 Å². The largest absolute Gasteiger partial charge is 0.332 e. The van der Waals surface area contributed by atoms with Gasteiger partial charge in [0.25, 0.3) is 5.16 Å². The molecule has 0 amide bonds. The van der Waals surface area contributed by atoms with Crippen molar-refractivity contribution in [3.63, 3.8) is 0 Å². The van der Waals surface area contributed by atoms with Crippen LogP contribution in [0.1, 0.15) is 37.2 Å². The predicted octanol–water partition coefficient (Wildman–Crippen LogP) is 2.50. The number of rotatable bonds is 4. The van der Waals surface area contributed by atoms with E-state index in [1.807, 2.05) is 6.07 Å². The van der Waals surface area contributed by atoms with Gasteiger partial charge in [0.05, 0.1) is 0 Å². The Kier molecular flexibility index (Phi) is 4.26. The topological polar surface area (TPSA) is 85.1 Å². The fourth-order valence-electron chi connectivity index (χ4n) is 3.15. The van der Waals surface area contributed by atoms with Crippen molar-refractivity contribution in [2.75, 3.05) is 0 Å². The second-order valence-corrected chi connectivity index (χ2v) is 7.17. The molecule has 7 heteroatoms. The molecule has 0 bridgehead atoms. The van der Waals surface area contributed by atoms with E-state index in [1.54, 1.807) is 0 Å². The minimum absolute atomic E-state index is 0.468. The van der Waals surface area contributed by atoms with Crippen LogP contribution in [0.25, 0.3) is 0 Å². The average molecular weight is 321 g/mol. The molecule has 118 valence electrons. The van der Waals surface area contributed by atoms with Crippen molar-refractivity contribution >= 4 is 10.1 Å². The van der Waals surface area contributed by atoms with Gasteiger partial charge in [-0.25, -0.2) is 4.98 Å². The Balaban J connectivity index is 1.57. The molecular formula is C15H19N3O3S. The normalized spacial score (nSPS) is 22.6. The lowest BCUT2D eigenvalue weighted by Crippen LogP contribution is -2.18. The summed E-state index contributed by atoms with van der Waals surface area (Å²) in [7, 11) is -4.31. The SMILES string of the molecule is O=S(=O)(O)c1ncn(CC2CCC(c3ccccc3)CC2)n1. The highest BCUT2D eigenvalue weighted by atomic mass is 32.2. The number of hydrogen-bond acceptors (Lipinski definition) is 4. The zero-order chi connectivity index (χ0) is 15.6. The van der Waals surface area contributed by atoms with Crippen molar-refractivity contribution in [2.45, 2.75) is 43.3 Å². The van der Waals surface area contributed by atoms with Crippen molar-refractivity contribution < 1.29 is 13.0 Å². The van der Waals surface area contributed by atoms with Gasteiger partial charge in [-0.1, -0.05) is 30.3 Å². The Morgan fingerprint density at radius 1 is 1.14 bits per heavy atom. The smallest absolute Gasteiger partial charge is 0.279 e. The summed E-state index contributed by atoms with van der Waals surface area (Å²) in [5.41, 5.74) is 1.40. The highest BCUT2D eigenvalue weighted by Gasteiger charge is 2.23. The van der Waals surface area contributed by atoms with E-state index in [2.05, 4.69) is 34.3 Å². The van der Waals surface area contributed by atoms with Crippen LogP contribution in [-0.2, 0) is 16.7 Å². The third-order valence-corrected chi connectivity index (χ3v) is 4.96. The molecule has 1 aromatic carbocycles. The van der Waals surface area contributed by atoms with E-state index in [0.717, 1.165) is 25.7 Å². The summed E-state index contributed by atoms with van der Waals surface area (Å²) >= 11 is 0. The molecule has 1 aliphatic carbocycles. The first-order chi connectivity index (χ1) is 10.5. The number of aromatic nitrogens is 3. The Hall–Kier alpha value is -1.73. The van der Waals surface area contributed by atoms with E-state index >= 15 is 0 Å². The Morgan fingerprint density at radius 3 is 2.41 bits per heavy atom. The highest BCUT2D eigenvalue weighted by Crippen LogP contribution is 2.36. The van der Waals surface area contributed by atoms with E-state index in [-0.39, 0.29) is 0 Å². The molecule has 3 rings (SSSR count).